The van der Waals surface area contributed by atoms with Crippen LogP contribution >= 0.6 is 45.2 Å². The minimum atomic E-state index is -0.624. The lowest BCUT2D eigenvalue weighted by atomic mass is 9.76. The van der Waals surface area contributed by atoms with Crippen molar-refractivity contribution in [3.05, 3.63) is 43.6 Å². The van der Waals surface area contributed by atoms with E-state index in [9.17, 15) is 9.18 Å². The summed E-state index contributed by atoms with van der Waals surface area (Å²) in [5, 5.41) is 0. The molecule has 4 atom stereocenters. The van der Waals surface area contributed by atoms with Crippen LogP contribution in [0, 0.1) is 9.49 Å². The van der Waals surface area contributed by atoms with Crippen molar-refractivity contribution in [1.82, 2.24) is 4.90 Å². The second kappa shape index (κ2) is 9.12. The summed E-state index contributed by atoms with van der Waals surface area (Å²) in [5.41, 5.74) is 1.20. The van der Waals surface area contributed by atoms with Crippen LogP contribution in [-0.4, -0.2) is 42.8 Å². The third kappa shape index (κ3) is 4.37. The molecule has 136 valence electrons. The van der Waals surface area contributed by atoms with Crippen molar-refractivity contribution in [2.24, 2.45) is 5.92 Å². The molecule has 2 heterocycles. The Morgan fingerprint density at radius 3 is 2.76 bits per heavy atom. The molecule has 0 N–H and O–H groups in total. The molecule has 0 aromatic heterocycles. The summed E-state index contributed by atoms with van der Waals surface area (Å²) in [6.07, 6.45) is 5.23. The number of ether oxygens (including phenoxy) is 1. The summed E-state index contributed by atoms with van der Waals surface area (Å²) in [6.45, 7) is 0.102. The van der Waals surface area contributed by atoms with Gasteiger partial charge in [0, 0.05) is 28.1 Å². The predicted molar refractivity (Wildman–Crippen MR) is 114 cm³/mol. The third-order valence-corrected chi connectivity index (χ3v) is 6.59. The lowest BCUT2D eigenvalue weighted by molar-refractivity contribution is -0.154. The smallest absolute Gasteiger partial charge is 0.311 e. The highest BCUT2D eigenvalue weighted by Gasteiger charge is 2.50. The largest absolute Gasteiger partial charge is 0.463 e. The Bertz CT molecular complexity index is 622. The molecule has 2 unspecified atom stereocenters. The van der Waals surface area contributed by atoms with E-state index in [2.05, 4.69) is 80.4 Å². The van der Waals surface area contributed by atoms with E-state index in [1.165, 1.54) is 9.13 Å². The standard InChI is InChI=1S/C19H22FI2NO2/c20-8-11-25-19(24)18-16(13-2-4-14(22)5-3-13)12-15-6-7-17(18)23(15)10-1-9-21/h1-5,9,15-18H,6-8,10-12H2/b9-1+/t15-,16?,17+,18?/m0/s1/i20-1. The highest BCUT2D eigenvalue weighted by molar-refractivity contribution is 14.1. The number of nitrogens with zero attached hydrogens (tertiary/aromatic N) is 1. The number of fused-ring (bicyclic) bond motifs is 2. The zero-order valence-electron chi connectivity index (χ0n) is 13.9. The molecule has 3 rings (SSSR count). The van der Waals surface area contributed by atoms with Crippen LogP contribution in [0.3, 0.4) is 0 Å². The molecule has 2 aliphatic heterocycles. The lowest BCUT2D eigenvalue weighted by Crippen LogP contribution is -2.51. The van der Waals surface area contributed by atoms with Crippen molar-refractivity contribution in [2.75, 3.05) is 19.8 Å². The van der Waals surface area contributed by atoms with E-state index in [0.29, 0.717) is 6.04 Å². The van der Waals surface area contributed by atoms with Gasteiger partial charge in [0.15, 0.2) is 0 Å². The number of halogens is 3. The first kappa shape index (κ1) is 19.5. The fourth-order valence-corrected chi connectivity index (χ4v) is 4.96. The Labute approximate surface area is 175 Å². The van der Waals surface area contributed by atoms with Crippen molar-refractivity contribution in [3.8, 4) is 0 Å². The van der Waals surface area contributed by atoms with Gasteiger partial charge in [-0.25, -0.2) is 4.39 Å². The molecule has 2 fully saturated rings. The van der Waals surface area contributed by atoms with Crippen LogP contribution in [-0.2, 0) is 9.53 Å². The summed E-state index contributed by atoms with van der Waals surface area (Å²) in [5.74, 6) is -0.301. The van der Waals surface area contributed by atoms with E-state index < -0.39 is 6.67 Å². The van der Waals surface area contributed by atoms with E-state index in [1.807, 2.05) is 4.08 Å². The number of rotatable bonds is 6. The highest BCUT2D eigenvalue weighted by Crippen LogP contribution is 2.47. The summed E-state index contributed by atoms with van der Waals surface area (Å²) in [6, 6.07) is 9.12. The lowest BCUT2D eigenvalue weighted by Gasteiger charge is -2.43. The number of alkyl halides is 1. The third-order valence-electron chi connectivity index (χ3n) is 5.36. The van der Waals surface area contributed by atoms with E-state index in [4.69, 9.17) is 4.74 Å². The molecule has 0 amide bonds. The SMILES string of the molecule is O=C(OCC[18F])C1C(c2ccc(I)cc2)C[C@@H]2CC[C@H]1N2C/C=C/I. The number of hydrogen-bond donors (Lipinski definition) is 0. The van der Waals surface area contributed by atoms with E-state index >= 15 is 0 Å². The minimum absolute atomic E-state index is 0.140. The van der Waals surface area contributed by atoms with Crippen LogP contribution in [0.4, 0.5) is 4.39 Å². The molecule has 1 aromatic rings. The van der Waals surface area contributed by atoms with Gasteiger partial charge in [-0.1, -0.05) is 40.8 Å². The van der Waals surface area contributed by atoms with E-state index in [0.717, 1.165) is 25.8 Å². The van der Waals surface area contributed by atoms with Gasteiger partial charge >= 0.3 is 5.97 Å². The minimum Gasteiger partial charge on any atom is -0.463 e. The Hall–Kier alpha value is -0.220. The average Bonchev–Trinajstić information content (AvgIpc) is 2.89. The summed E-state index contributed by atoms with van der Waals surface area (Å²) in [7, 11) is 0. The molecular formula is C19H22FI2NO2. The Balaban J connectivity index is 1.88. The second-order valence-corrected chi connectivity index (χ2v) is 8.60. The highest BCUT2D eigenvalue weighted by atomic mass is 127. The maximum atomic E-state index is 12.8. The maximum absolute atomic E-state index is 12.8. The molecule has 0 saturated carbocycles. The van der Waals surface area contributed by atoms with Gasteiger partial charge in [0.2, 0.25) is 0 Å². The molecule has 2 saturated heterocycles. The number of esters is 1. The number of carbonyl (C=O) groups is 1. The van der Waals surface area contributed by atoms with Gasteiger partial charge in [0.05, 0.1) is 5.92 Å². The molecular weight excluding hydrogens is 546 g/mol. The zero-order chi connectivity index (χ0) is 17.8. The van der Waals surface area contributed by atoms with Crippen LogP contribution < -0.4 is 0 Å². The Morgan fingerprint density at radius 2 is 2.08 bits per heavy atom. The van der Waals surface area contributed by atoms with Crippen molar-refractivity contribution >= 4 is 51.2 Å². The van der Waals surface area contributed by atoms with Gasteiger partial charge in [0.25, 0.3) is 0 Å². The number of benzene rings is 1. The molecule has 0 radical (unpaired) electrons. The Morgan fingerprint density at radius 1 is 1.32 bits per heavy atom. The van der Waals surface area contributed by atoms with Crippen molar-refractivity contribution in [3.63, 3.8) is 0 Å². The van der Waals surface area contributed by atoms with Crippen molar-refractivity contribution < 1.29 is 13.9 Å². The van der Waals surface area contributed by atoms with Gasteiger partial charge < -0.3 is 4.74 Å². The van der Waals surface area contributed by atoms with Crippen LogP contribution in [0.15, 0.2) is 34.4 Å². The monoisotopic (exact) mass is 568 g/mol. The molecule has 0 spiro atoms. The molecule has 1 aromatic carbocycles. The summed E-state index contributed by atoms with van der Waals surface area (Å²) < 4.78 is 21.0. The van der Waals surface area contributed by atoms with Gasteiger partial charge in [-0.3, -0.25) is 9.69 Å². The average molecular weight is 568 g/mol. The Kier molecular flexibility index (Phi) is 7.13. The predicted octanol–water partition coefficient (Wildman–Crippen LogP) is 4.69. The fraction of sp³-hybridized carbons (Fsp3) is 0.526. The molecule has 6 heteroatoms. The van der Waals surface area contributed by atoms with Crippen LogP contribution in [0.1, 0.15) is 30.7 Å². The summed E-state index contributed by atoms with van der Waals surface area (Å²) in [4.78, 5) is 15.2. The normalized spacial score (nSPS) is 29.2. The van der Waals surface area contributed by atoms with Crippen molar-refractivity contribution in [2.45, 2.75) is 37.3 Å². The number of carbonyl (C=O) groups excluding carboxylic acids is 1. The zero-order valence-corrected chi connectivity index (χ0v) is 18.2. The maximum Gasteiger partial charge on any atom is 0.311 e. The molecule has 25 heavy (non-hydrogen) atoms. The molecule has 2 bridgehead atoms. The van der Waals surface area contributed by atoms with Gasteiger partial charge in [0.1, 0.15) is 13.3 Å². The summed E-state index contributed by atoms with van der Waals surface area (Å²) >= 11 is 4.52. The first-order chi connectivity index (χ1) is 12.2. The van der Waals surface area contributed by atoms with Gasteiger partial charge in [-0.05, 0) is 63.6 Å². The number of piperidine rings is 1. The van der Waals surface area contributed by atoms with Crippen molar-refractivity contribution in [1.29, 1.82) is 0 Å². The first-order valence-corrected chi connectivity index (χ1v) is 11.0. The van der Waals surface area contributed by atoms with E-state index in [1.54, 1.807) is 0 Å². The van der Waals surface area contributed by atoms with Crippen LogP contribution in [0.2, 0.25) is 0 Å². The molecule has 3 nitrogen and oxygen atoms in total. The van der Waals surface area contributed by atoms with Crippen LogP contribution in [0.5, 0.6) is 0 Å². The number of hydrogen-bond acceptors (Lipinski definition) is 3. The van der Waals surface area contributed by atoms with Gasteiger partial charge in [-0.2, -0.15) is 0 Å². The van der Waals surface area contributed by atoms with E-state index in [-0.39, 0.29) is 30.5 Å². The fourth-order valence-electron chi connectivity index (χ4n) is 4.37. The topological polar surface area (TPSA) is 29.5 Å². The van der Waals surface area contributed by atoms with Crippen LogP contribution in [0.25, 0.3) is 0 Å². The first-order valence-electron chi connectivity index (χ1n) is 8.64. The second-order valence-electron chi connectivity index (χ2n) is 6.63. The quantitative estimate of drug-likeness (QED) is 0.369. The molecule has 0 aliphatic carbocycles. The van der Waals surface area contributed by atoms with Gasteiger partial charge in [-0.15, -0.1) is 0 Å². The molecule has 2 aliphatic rings.